The van der Waals surface area contributed by atoms with E-state index in [4.69, 9.17) is 0 Å². The molecule has 2 N–H and O–H groups in total. The zero-order valence-corrected chi connectivity index (χ0v) is 9.87. The lowest BCUT2D eigenvalue weighted by atomic mass is 9.89. The van der Waals surface area contributed by atoms with Gasteiger partial charge in [-0.1, -0.05) is 6.42 Å². The minimum atomic E-state index is 0.235. The van der Waals surface area contributed by atoms with E-state index in [0.717, 1.165) is 43.8 Å². The maximum absolute atomic E-state index is 11.9. The average molecular weight is 222 g/mol. The summed E-state index contributed by atoms with van der Waals surface area (Å²) in [7, 11) is 0. The zero-order valence-electron chi connectivity index (χ0n) is 9.87. The van der Waals surface area contributed by atoms with Crippen LogP contribution in [0.2, 0.25) is 0 Å². The Morgan fingerprint density at radius 3 is 2.81 bits per heavy atom. The number of hydrogen-bond donors (Lipinski definition) is 2. The largest absolute Gasteiger partial charge is 0.356 e. The summed E-state index contributed by atoms with van der Waals surface area (Å²) in [4.78, 5) is 11.9. The molecule has 2 saturated carbocycles. The van der Waals surface area contributed by atoms with Crippen molar-refractivity contribution in [1.29, 1.82) is 0 Å². The Morgan fingerprint density at radius 1 is 1.25 bits per heavy atom. The predicted molar refractivity (Wildman–Crippen MR) is 62.9 cm³/mol. The standard InChI is InChI=1S/C13H22N2O/c16-13(11-3-4-14-7-11)15-8-12-6-9-1-2-10(12)5-9/h9-12,14H,1-8H2,(H,15,16). The van der Waals surface area contributed by atoms with Gasteiger partial charge >= 0.3 is 0 Å². The predicted octanol–water partition coefficient (Wildman–Crippen LogP) is 1.15. The van der Waals surface area contributed by atoms with Crippen molar-refractivity contribution >= 4 is 5.91 Å². The summed E-state index contributed by atoms with van der Waals surface area (Å²) in [6.07, 6.45) is 6.68. The van der Waals surface area contributed by atoms with Crippen molar-refractivity contribution in [3.05, 3.63) is 0 Å². The minimum absolute atomic E-state index is 0.235. The van der Waals surface area contributed by atoms with Crippen LogP contribution in [0.5, 0.6) is 0 Å². The van der Waals surface area contributed by atoms with Gasteiger partial charge in [0.15, 0.2) is 0 Å². The van der Waals surface area contributed by atoms with E-state index in [2.05, 4.69) is 10.6 Å². The lowest BCUT2D eigenvalue weighted by molar-refractivity contribution is -0.124. The third kappa shape index (κ3) is 1.97. The Balaban J connectivity index is 1.44. The lowest BCUT2D eigenvalue weighted by Gasteiger charge is -2.22. The molecule has 4 unspecified atom stereocenters. The molecule has 0 aromatic carbocycles. The molecule has 2 aliphatic carbocycles. The van der Waals surface area contributed by atoms with Crippen molar-refractivity contribution in [2.24, 2.45) is 23.7 Å². The molecule has 1 saturated heterocycles. The van der Waals surface area contributed by atoms with Crippen LogP contribution >= 0.6 is 0 Å². The monoisotopic (exact) mass is 222 g/mol. The van der Waals surface area contributed by atoms with Crippen LogP contribution < -0.4 is 10.6 Å². The number of rotatable bonds is 3. The summed E-state index contributed by atoms with van der Waals surface area (Å²) in [5.74, 6) is 3.22. The molecule has 0 aromatic heterocycles. The van der Waals surface area contributed by atoms with Gasteiger partial charge < -0.3 is 10.6 Å². The van der Waals surface area contributed by atoms with Gasteiger partial charge in [-0.3, -0.25) is 4.79 Å². The molecule has 3 heteroatoms. The Kier molecular flexibility index (Phi) is 2.88. The first-order valence-corrected chi connectivity index (χ1v) is 6.81. The van der Waals surface area contributed by atoms with Crippen molar-refractivity contribution in [3.63, 3.8) is 0 Å². The van der Waals surface area contributed by atoms with Crippen LogP contribution in [0.3, 0.4) is 0 Å². The molecule has 3 fully saturated rings. The molecule has 4 atom stereocenters. The number of fused-ring (bicyclic) bond motifs is 2. The fourth-order valence-electron chi connectivity index (χ4n) is 3.88. The average Bonchev–Trinajstić information content (AvgIpc) is 3.01. The Hall–Kier alpha value is -0.570. The van der Waals surface area contributed by atoms with E-state index in [1.807, 2.05) is 0 Å². The van der Waals surface area contributed by atoms with E-state index >= 15 is 0 Å². The van der Waals surface area contributed by atoms with Gasteiger partial charge in [0.1, 0.15) is 0 Å². The first-order chi connectivity index (χ1) is 7.83. The molecule has 2 bridgehead atoms. The maximum atomic E-state index is 11.9. The van der Waals surface area contributed by atoms with Crippen LogP contribution in [0.1, 0.15) is 32.1 Å². The van der Waals surface area contributed by atoms with Crippen molar-refractivity contribution in [3.8, 4) is 0 Å². The molecule has 16 heavy (non-hydrogen) atoms. The lowest BCUT2D eigenvalue weighted by Crippen LogP contribution is -2.36. The highest BCUT2D eigenvalue weighted by atomic mass is 16.1. The number of nitrogens with one attached hydrogen (secondary N) is 2. The quantitative estimate of drug-likeness (QED) is 0.752. The van der Waals surface area contributed by atoms with Gasteiger partial charge in [0.2, 0.25) is 5.91 Å². The van der Waals surface area contributed by atoms with E-state index in [0.29, 0.717) is 0 Å². The van der Waals surface area contributed by atoms with Gasteiger partial charge in [0, 0.05) is 13.1 Å². The number of hydrogen-bond acceptors (Lipinski definition) is 2. The molecule has 0 aromatic rings. The summed E-state index contributed by atoms with van der Waals surface area (Å²) in [6.45, 7) is 2.82. The third-order valence-electron chi connectivity index (χ3n) is 4.85. The summed E-state index contributed by atoms with van der Waals surface area (Å²) in [6, 6.07) is 0. The molecule has 3 rings (SSSR count). The normalized spacial score (nSPS) is 41.5. The summed E-state index contributed by atoms with van der Waals surface area (Å²) in [5, 5.41) is 6.42. The molecule has 1 amide bonds. The van der Waals surface area contributed by atoms with Gasteiger partial charge in [-0.15, -0.1) is 0 Å². The maximum Gasteiger partial charge on any atom is 0.224 e. The second-order valence-electron chi connectivity index (χ2n) is 5.87. The smallest absolute Gasteiger partial charge is 0.224 e. The molecule has 0 radical (unpaired) electrons. The molecule has 90 valence electrons. The highest BCUT2D eigenvalue weighted by Crippen LogP contribution is 2.47. The van der Waals surface area contributed by atoms with Crippen LogP contribution in [0.15, 0.2) is 0 Å². The third-order valence-corrected chi connectivity index (χ3v) is 4.85. The minimum Gasteiger partial charge on any atom is -0.356 e. The Morgan fingerprint density at radius 2 is 2.19 bits per heavy atom. The van der Waals surface area contributed by atoms with Crippen LogP contribution in [0.25, 0.3) is 0 Å². The van der Waals surface area contributed by atoms with E-state index in [9.17, 15) is 4.79 Å². The zero-order chi connectivity index (χ0) is 11.0. The van der Waals surface area contributed by atoms with Crippen LogP contribution in [-0.4, -0.2) is 25.5 Å². The molecular formula is C13H22N2O. The molecule has 1 aliphatic heterocycles. The van der Waals surface area contributed by atoms with Gasteiger partial charge in [-0.25, -0.2) is 0 Å². The SMILES string of the molecule is O=C(NCC1CC2CCC1C2)C1CCNC1. The number of amides is 1. The summed E-state index contributed by atoms with van der Waals surface area (Å²) in [5.41, 5.74) is 0. The molecule has 3 aliphatic rings. The Bertz CT molecular complexity index is 273. The van der Waals surface area contributed by atoms with Gasteiger partial charge in [0.05, 0.1) is 5.92 Å². The molecule has 1 heterocycles. The van der Waals surface area contributed by atoms with Crippen molar-refractivity contribution in [2.45, 2.75) is 32.1 Å². The fraction of sp³-hybridized carbons (Fsp3) is 0.923. The first-order valence-electron chi connectivity index (χ1n) is 6.81. The van der Waals surface area contributed by atoms with Crippen LogP contribution in [0, 0.1) is 23.7 Å². The van der Waals surface area contributed by atoms with Crippen molar-refractivity contribution in [2.75, 3.05) is 19.6 Å². The van der Waals surface area contributed by atoms with Gasteiger partial charge in [-0.05, 0) is 50.0 Å². The van der Waals surface area contributed by atoms with Crippen molar-refractivity contribution in [1.82, 2.24) is 10.6 Å². The van der Waals surface area contributed by atoms with E-state index in [1.165, 1.54) is 25.7 Å². The van der Waals surface area contributed by atoms with Crippen LogP contribution in [0.4, 0.5) is 0 Å². The summed E-state index contributed by atoms with van der Waals surface area (Å²) < 4.78 is 0. The Labute approximate surface area is 97.4 Å². The van der Waals surface area contributed by atoms with E-state index < -0.39 is 0 Å². The highest BCUT2D eigenvalue weighted by molar-refractivity contribution is 5.79. The number of carbonyl (C=O) groups excluding carboxylic acids is 1. The fourth-order valence-corrected chi connectivity index (χ4v) is 3.88. The number of carbonyl (C=O) groups is 1. The topological polar surface area (TPSA) is 41.1 Å². The van der Waals surface area contributed by atoms with E-state index in [-0.39, 0.29) is 11.8 Å². The van der Waals surface area contributed by atoms with Crippen LogP contribution in [-0.2, 0) is 4.79 Å². The highest BCUT2D eigenvalue weighted by Gasteiger charge is 2.39. The molecule has 0 spiro atoms. The second-order valence-corrected chi connectivity index (χ2v) is 5.87. The molecular weight excluding hydrogens is 200 g/mol. The van der Waals surface area contributed by atoms with E-state index in [1.54, 1.807) is 0 Å². The van der Waals surface area contributed by atoms with Gasteiger partial charge in [0.25, 0.3) is 0 Å². The van der Waals surface area contributed by atoms with Gasteiger partial charge in [-0.2, -0.15) is 0 Å². The summed E-state index contributed by atoms with van der Waals surface area (Å²) >= 11 is 0. The first kappa shape index (κ1) is 10.6. The van der Waals surface area contributed by atoms with Crippen molar-refractivity contribution < 1.29 is 4.79 Å². The molecule has 3 nitrogen and oxygen atoms in total. The second kappa shape index (κ2) is 4.36.